The predicted molar refractivity (Wildman–Crippen MR) is 103 cm³/mol. The second kappa shape index (κ2) is 6.53. The summed E-state index contributed by atoms with van der Waals surface area (Å²) in [5.41, 5.74) is 1.20. The van der Waals surface area contributed by atoms with E-state index < -0.39 is 0 Å². The van der Waals surface area contributed by atoms with Gasteiger partial charge in [-0.3, -0.25) is 4.79 Å². The van der Waals surface area contributed by atoms with Crippen molar-refractivity contribution in [1.29, 1.82) is 0 Å². The summed E-state index contributed by atoms with van der Waals surface area (Å²) in [4.78, 5) is 12.6. The molecule has 2 aliphatic carbocycles. The Kier molecular flexibility index (Phi) is 4.33. The van der Waals surface area contributed by atoms with Crippen LogP contribution in [0.25, 0.3) is 0 Å². The second-order valence-corrected chi connectivity index (χ2v) is 9.63. The SMILES string of the molecule is C[C@H]1CCC[C@]2(C)C[C@H]3OC(=O)[C@H](CNCCc4ccc(F)cc4)[C@H]3[C@H]3O[C@@]312. The van der Waals surface area contributed by atoms with Crippen LogP contribution in [0.3, 0.4) is 0 Å². The molecule has 4 aliphatic rings. The molecule has 28 heavy (non-hydrogen) atoms. The molecule has 4 fully saturated rings. The third-order valence-corrected chi connectivity index (χ3v) is 8.06. The third kappa shape index (κ3) is 2.66. The number of esters is 1. The van der Waals surface area contributed by atoms with Crippen molar-refractivity contribution in [3.63, 3.8) is 0 Å². The molecule has 0 radical (unpaired) electrons. The molecule has 152 valence electrons. The Bertz CT molecular complexity index is 768. The lowest BCUT2D eigenvalue weighted by Gasteiger charge is -2.48. The van der Waals surface area contributed by atoms with Gasteiger partial charge >= 0.3 is 5.97 Å². The molecule has 0 amide bonds. The van der Waals surface area contributed by atoms with E-state index in [1.165, 1.54) is 31.4 Å². The van der Waals surface area contributed by atoms with Gasteiger partial charge in [0, 0.05) is 17.9 Å². The highest BCUT2D eigenvalue weighted by molar-refractivity contribution is 5.76. The number of carbonyl (C=O) groups excluding carboxylic acids is 1. The van der Waals surface area contributed by atoms with Gasteiger partial charge in [0.2, 0.25) is 0 Å². The van der Waals surface area contributed by atoms with Crippen LogP contribution in [0.2, 0.25) is 0 Å². The molecule has 1 aromatic rings. The van der Waals surface area contributed by atoms with Crippen LogP contribution in [0.4, 0.5) is 4.39 Å². The normalized spacial score (nSPS) is 43.7. The quantitative estimate of drug-likeness (QED) is 0.477. The van der Waals surface area contributed by atoms with Gasteiger partial charge in [-0.05, 0) is 55.8 Å². The molecule has 0 unspecified atom stereocenters. The van der Waals surface area contributed by atoms with E-state index in [9.17, 15) is 9.18 Å². The molecule has 1 N–H and O–H groups in total. The van der Waals surface area contributed by atoms with Gasteiger partial charge in [0.15, 0.2) is 0 Å². The maximum absolute atomic E-state index is 13.0. The molecule has 4 nitrogen and oxygen atoms in total. The Morgan fingerprint density at radius 3 is 2.86 bits per heavy atom. The van der Waals surface area contributed by atoms with Gasteiger partial charge in [0.1, 0.15) is 17.5 Å². The first-order valence-corrected chi connectivity index (χ1v) is 10.8. The van der Waals surface area contributed by atoms with E-state index in [2.05, 4.69) is 19.2 Å². The Labute approximate surface area is 166 Å². The molecular formula is C23H30FNO3. The zero-order chi connectivity index (χ0) is 19.5. The summed E-state index contributed by atoms with van der Waals surface area (Å²) in [5.74, 6) is 0.335. The van der Waals surface area contributed by atoms with Crippen LogP contribution < -0.4 is 5.32 Å². The summed E-state index contributed by atoms with van der Waals surface area (Å²) in [5, 5.41) is 3.43. The van der Waals surface area contributed by atoms with Gasteiger partial charge in [-0.1, -0.05) is 32.4 Å². The summed E-state index contributed by atoms with van der Waals surface area (Å²) < 4.78 is 25.3. The Morgan fingerprint density at radius 2 is 2.07 bits per heavy atom. The predicted octanol–water partition coefficient (Wildman–Crippen LogP) is 3.48. The second-order valence-electron chi connectivity index (χ2n) is 9.63. The zero-order valence-corrected chi connectivity index (χ0v) is 16.7. The molecule has 2 saturated heterocycles. The maximum atomic E-state index is 13.0. The molecule has 2 heterocycles. The molecule has 0 bridgehead atoms. The Balaban J connectivity index is 1.23. The lowest BCUT2D eigenvalue weighted by molar-refractivity contribution is -0.146. The molecule has 1 aromatic carbocycles. The third-order valence-electron chi connectivity index (χ3n) is 8.06. The van der Waals surface area contributed by atoms with Crippen molar-refractivity contribution >= 4 is 5.97 Å². The molecular weight excluding hydrogens is 357 g/mol. The summed E-state index contributed by atoms with van der Waals surface area (Å²) in [6.07, 6.45) is 5.57. The van der Waals surface area contributed by atoms with Crippen molar-refractivity contribution in [3.05, 3.63) is 35.6 Å². The number of nitrogens with one attached hydrogen (secondary N) is 1. The van der Waals surface area contributed by atoms with E-state index >= 15 is 0 Å². The first-order valence-electron chi connectivity index (χ1n) is 10.8. The van der Waals surface area contributed by atoms with E-state index in [0.29, 0.717) is 12.5 Å². The smallest absolute Gasteiger partial charge is 0.311 e. The highest BCUT2D eigenvalue weighted by atomic mass is 19.1. The van der Waals surface area contributed by atoms with Crippen molar-refractivity contribution < 1.29 is 18.7 Å². The van der Waals surface area contributed by atoms with Crippen molar-refractivity contribution in [3.8, 4) is 0 Å². The molecule has 1 spiro atoms. The Morgan fingerprint density at radius 1 is 1.29 bits per heavy atom. The van der Waals surface area contributed by atoms with Gasteiger partial charge < -0.3 is 14.8 Å². The number of benzene rings is 1. The van der Waals surface area contributed by atoms with Crippen molar-refractivity contribution in [2.75, 3.05) is 13.1 Å². The number of hydrogen-bond donors (Lipinski definition) is 1. The molecule has 2 saturated carbocycles. The van der Waals surface area contributed by atoms with Crippen LogP contribution in [0.5, 0.6) is 0 Å². The lowest BCUT2D eigenvalue weighted by atomic mass is 9.53. The maximum Gasteiger partial charge on any atom is 0.311 e. The van der Waals surface area contributed by atoms with Crippen molar-refractivity contribution in [1.82, 2.24) is 5.32 Å². The van der Waals surface area contributed by atoms with Crippen molar-refractivity contribution in [2.24, 2.45) is 23.2 Å². The van der Waals surface area contributed by atoms with Crippen molar-refractivity contribution in [2.45, 2.75) is 63.8 Å². The Hall–Kier alpha value is -1.46. The minimum absolute atomic E-state index is 0.00678. The standard InChI is InChI=1S/C23H30FNO3/c1-14-4-3-10-22(2)12-18-19(20-23(14,22)28-20)17(21(26)27-18)13-25-11-9-15-5-7-16(24)8-6-15/h5-8,14,17-20,25H,3-4,9-13H2,1-2H3/t14-,17+,18+,19+,20+,22+,23+/m0/s1. The van der Waals surface area contributed by atoms with E-state index in [0.717, 1.165) is 24.9 Å². The van der Waals surface area contributed by atoms with E-state index in [4.69, 9.17) is 9.47 Å². The summed E-state index contributed by atoms with van der Waals surface area (Å²) in [7, 11) is 0. The zero-order valence-electron chi connectivity index (χ0n) is 16.7. The number of hydrogen-bond acceptors (Lipinski definition) is 4. The van der Waals surface area contributed by atoms with Gasteiger partial charge in [0.25, 0.3) is 0 Å². The number of halogens is 1. The fraction of sp³-hybridized carbons (Fsp3) is 0.696. The van der Waals surface area contributed by atoms with Crippen LogP contribution >= 0.6 is 0 Å². The van der Waals surface area contributed by atoms with Crippen LogP contribution in [-0.2, 0) is 20.7 Å². The van der Waals surface area contributed by atoms with Crippen LogP contribution in [0.1, 0.15) is 45.1 Å². The summed E-state index contributed by atoms with van der Waals surface area (Å²) >= 11 is 0. The summed E-state index contributed by atoms with van der Waals surface area (Å²) in [6, 6.07) is 6.60. The molecule has 5 rings (SSSR count). The number of rotatable bonds is 5. The topological polar surface area (TPSA) is 50.9 Å². The highest BCUT2D eigenvalue weighted by Gasteiger charge is 2.78. The van der Waals surface area contributed by atoms with E-state index in [1.807, 2.05) is 12.1 Å². The van der Waals surface area contributed by atoms with Crippen LogP contribution in [-0.4, -0.2) is 36.9 Å². The number of fused-ring (bicyclic) bond motifs is 2. The average molecular weight is 387 g/mol. The monoisotopic (exact) mass is 387 g/mol. The van der Waals surface area contributed by atoms with Gasteiger partial charge in [-0.15, -0.1) is 0 Å². The molecule has 7 atom stereocenters. The highest BCUT2D eigenvalue weighted by Crippen LogP contribution is 2.70. The van der Waals surface area contributed by atoms with Gasteiger partial charge in [0.05, 0.1) is 12.0 Å². The number of carbonyl (C=O) groups is 1. The number of epoxide rings is 1. The lowest BCUT2D eigenvalue weighted by Crippen LogP contribution is -2.54. The first-order chi connectivity index (χ1) is 13.4. The minimum Gasteiger partial charge on any atom is -0.462 e. The van der Waals surface area contributed by atoms with E-state index in [1.54, 1.807) is 0 Å². The summed E-state index contributed by atoms with van der Waals surface area (Å²) in [6.45, 7) is 6.06. The molecule has 0 aromatic heterocycles. The fourth-order valence-corrected chi connectivity index (χ4v) is 6.61. The average Bonchev–Trinajstić information content (AvgIpc) is 3.34. The van der Waals surface area contributed by atoms with E-state index in [-0.39, 0.29) is 46.8 Å². The first kappa shape index (κ1) is 18.6. The largest absolute Gasteiger partial charge is 0.462 e. The number of ether oxygens (including phenoxy) is 2. The molecule has 5 heteroatoms. The van der Waals surface area contributed by atoms with Crippen LogP contribution in [0.15, 0.2) is 24.3 Å². The van der Waals surface area contributed by atoms with Gasteiger partial charge in [-0.2, -0.15) is 0 Å². The fourth-order valence-electron chi connectivity index (χ4n) is 6.61. The minimum atomic E-state index is -0.212. The van der Waals surface area contributed by atoms with Gasteiger partial charge in [-0.25, -0.2) is 4.39 Å². The molecule has 2 aliphatic heterocycles. The van der Waals surface area contributed by atoms with Crippen LogP contribution in [0, 0.1) is 29.0 Å².